The van der Waals surface area contributed by atoms with E-state index in [1.54, 1.807) is 0 Å². The van der Waals surface area contributed by atoms with Gasteiger partial charge in [0.05, 0.1) is 0 Å². The highest BCUT2D eigenvalue weighted by Gasteiger charge is 2.11. The van der Waals surface area contributed by atoms with Gasteiger partial charge < -0.3 is 9.47 Å². The van der Waals surface area contributed by atoms with Gasteiger partial charge in [0, 0.05) is 0 Å². The lowest BCUT2D eigenvalue weighted by Gasteiger charge is -2.16. The Morgan fingerprint density at radius 3 is 1.97 bits per heavy atom. The lowest BCUT2D eigenvalue weighted by molar-refractivity contribution is 0.324. The van der Waals surface area contributed by atoms with Crippen LogP contribution in [-0.2, 0) is 4.74 Å². The third-order valence-electron chi connectivity index (χ3n) is 5.11. The molecular weight excluding hydrogens is 368 g/mol. The maximum absolute atomic E-state index is 6.34. The number of hydrogen-bond acceptors (Lipinski definition) is 2. The fourth-order valence-electron chi connectivity index (χ4n) is 3.40. The van der Waals surface area contributed by atoms with Crippen LogP contribution in [0, 0.1) is 13.8 Å². The van der Waals surface area contributed by atoms with E-state index in [0.717, 1.165) is 50.7 Å². The zero-order chi connectivity index (χ0) is 21.7. The first kappa shape index (κ1) is 21.2. The number of ether oxygens (including phenoxy) is 2. The predicted octanol–water partition coefficient (Wildman–Crippen LogP) is 8.07. The normalized spacial score (nSPS) is 20.4. The number of rotatable bonds is 0. The first-order valence-corrected chi connectivity index (χ1v) is 10.00. The van der Waals surface area contributed by atoms with Crippen molar-refractivity contribution in [2.75, 3.05) is 0 Å². The van der Waals surface area contributed by atoms with Crippen molar-refractivity contribution in [3.63, 3.8) is 0 Å². The minimum absolute atomic E-state index is 0.582. The second kappa shape index (κ2) is 9.32. The standard InChI is InChI=1S/C28H28O2/c1-19-11-7-13-21(3)29-22(4)14-8-12-20(2)26-16-10-18-28(24(26)6)30-27-17-9-15-25(19)23(27)5/h7-18H,1,4H2,2-3,5-6H3/b11-7-,14-8-,20-12+,21-13+. The van der Waals surface area contributed by atoms with Crippen molar-refractivity contribution in [3.8, 4) is 11.5 Å². The zero-order valence-corrected chi connectivity index (χ0v) is 18.2. The van der Waals surface area contributed by atoms with E-state index in [0.29, 0.717) is 5.76 Å². The molecule has 2 aromatic rings. The second-order valence-corrected chi connectivity index (χ2v) is 7.40. The van der Waals surface area contributed by atoms with Gasteiger partial charge in [-0.3, -0.25) is 0 Å². The summed E-state index contributed by atoms with van der Waals surface area (Å²) in [6.45, 7) is 16.3. The third-order valence-corrected chi connectivity index (χ3v) is 5.11. The van der Waals surface area contributed by atoms with Gasteiger partial charge >= 0.3 is 0 Å². The van der Waals surface area contributed by atoms with E-state index >= 15 is 0 Å². The molecule has 0 unspecified atom stereocenters. The fourth-order valence-corrected chi connectivity index (χ4v) is 3.40. The molecule has 2 heteroatoms. The summed E-state index contributed by atoms with van der Waals surface area (Å²) in [5.74, 6) is 3.01. The highest BCUT2D eigenvalue weighted by molar-refractivity contribution is 5.76. The molecule has 0 N–H and O–H groups in total. The van der Waals surface area contributed by atoms with E-state index < -0.39 is 0 Å². The lowest BCUT2D eigenvalue weighted by atomic mass is 9.99. The molecule has 4 bridgehead atoms. The molecule has 0 aromatic heterocycles. The molecule has 2 aromatic carbocycles. The van der Waals surface area contributed by atoms with Gasteiger partial charge in [-0.1, -0.05) is 61.7 Å². The van der Waals surface area contributed by atoms with Gasteiger partial charge in [0.1, 0.15) is 23.0 Å². The summed E-state index contributed by atoms with van der Waals surface area (Å²) in [6.07, 6.45) is 11.7. The van der Waals surface area contributed by atoms with Crippen LogP contribution in [0.2, 0.25) is 0 Å². The Morgan fingerprint density at radius 1 is 0.667 bits per heavy atom. The largest absolute Gasteiger partial charge is 0.463 e. The van der Waals surface area contributed by atoms with Crippen molar-refractivity contribution in [3.05, 3.63) is 120 Å². The molecule has 1 heterocycles. The summed E-state index contributed by atoms with van der Waals surface area (Å²) in [4.78, 5) is 0. The third kappa shape index (κ3) is 4.90. The molecule has 0 atom stereocenters. The monoisotopic (exact) mass is 396 g/mol. The number of allylic oxidation sites excluding steroid dienone is 9. The van der Waals surface area contributed by atoms with E-state index in [2.05, 4.69) is 52.1 Å². The summed E-state index contributed by atoms with van der Waals surface area (Å²) in [7, 11) is 0. The van der Waals surface area contributed by atoms with Crippen LogP contribution in [0.5, 0.6) is 11.5 Å². The SMILES string of the molecule is C=C1/C=C\C=C(/C)c2cccc(c2C)Oc2cccc(c2C)C(=C)/C=C\C=C(/C)O1. The molecule has 0 aliphatic carbocycles. The molecule has 3 rings (SSSR count). The van der Waals surface area contributed by atoms with Gasteiger partial charge in [0.2, 0.25) is 0 Å². The Kier molecular flexibility index (Phi) is 6.58. The van der Waals surface area contributed by atoms with Crippen LogP contribution >= 0.6 is 0 Å². The molecule has 152 valence electrons. The van der Waals surface area contributed by atoms with Gasteiger partial charge in [0.25, 0.3) is 0 Å². The van der Waals surface area contributed by atoms with Crippen LogP contribution in [0.15, 0.2) is 97.5 Å². The van der Waals surface area contributed by atoms with Crippen molar-refractivity contribution in [1.82, 2.24) is 0 Å². The first-order valence-electron chi connectivity index (χ1n) is 10.00. The van der Waals surface area contributed by atoms with E-state index in [9.17, 15) is 0 Å². The summed E-state index contributed by atoms with van der Waals surface area (Å²) < 4.78 is 12.1. The quantitative estimate of drug-likeness (QED) is 0.448. The van der Waals surface area contributed by atoms with Gasteiger partial charge in [-0.05, 0) is 85.4 Å². The van der Waals surface area contributed by atoms with Crippen LogP contribution in [0.25, 0.3) is 11.1 Å². The smallest absolute Gasteiger partial charge is 0.130 e. The topological polar surface area (TPSA) is 18.5 Å². The summed E-state index contributed by atoms with van der Waals surface area (Å²) >= 11 is 0. The Morgan fingerprint density at radius 2 is 1.27 bits per heavy atom. The molecule has 1 aliphatic heterocycles. The van der Waals surface area contributed by atoms with Crippen molar-refractivity contribution in [2.45, 2.75) is 27.7 Å². The van der Waals surface area contributed by atoms with Gasteiger partial charge in [0.15, 0.2) is 0 Å². The maximum Gasteiger partial charge on any atom is 0.130 e. The molecule has 0 spiro atoms. The van der Waals surface area contributed by atoms with Crippen molar-refractivity contribution in [1.29, 1.82) is 0 Å². The molecule has 2 nitrogen and oxygen atoms in total. The average Bonchev–Trinajstić information content (AvgIpc) is 2.70. The van der Waals surface area contributed by atoms with E-state index in [4.69, 9.17) is 9.47 Å². The second-order valence-electron chi connectivity index (χ2n) is 7.40. The molecule has 1 aliphatic rings. The molecule has 0 saturated heterocycles. The van der Waals surface area contributed by atoms with E-state index in [1.165, 1.54) is 0 Å². The van der Waals surface area contributed by atoms with Crippen LogP contribution in [0.3, 0.4) is 0 Å². The number of hydrogen-bond donors (Lipinski definition) is 0. The van der Waals surface area contributed by atoms with Crippen molar-refractivity contribution < 1.29 is 9.47 Å². The summed E-state index contributed by atoms with van der Waals surface area (Å²) in [6, 6.07) is 12.2. The van der Waals surface area contributed by atoms with E-state index in [1.807, 2.05) is 61.6 Å². The Hall–Kier alpha value is -3.52. The molecule has 30 heavy (non-hydrogen) atoms. The molecule has 0 saturated carbocycles. The molecule has 0 radical (unpaired) electrons. The molecule has 0 fully saturated rings. The fraction of sp³-hybridized carbons (Fsp3) is 0.143. The van der Waals surface area contributed by atoms with E-state index in [-0.39, 0.29) is 0 Å². The average molecular weight is 397 g/mol. The maximum atomic E-state index is 6.34. The number of fused-ring (bicyclic) bond motifs is 4. The molecule has 0 amide bonds. The minimum atomic E-state index is 0.582. The van der Waals surface area contributed by atoms with Gasteiger partial charge in [-0.2, -0.15) is 0 Å². The first-order chi connectivity index (χ1) is 14.4. The Bertz CT molecular complexity index is 1110. The van der Waals surface area contributed by atoms with Crippen LogP contribution < -0.4 is 4.74 Å². The minimum Gasteiger partial charge on any atom is -0.463 e. The Labute approximate surface area is 179 Å². The Balaban J connectivity index is 2.12. The van der Waals surface area contributed by atoms with Crippen LogP contribution in [0.1, 0.15) is 36.1 Å². The summed E-state index contributed by atoms with van der Waals surface area (Å²) in [5, 5.41) is 0. The predicted molar refractivity (Wildman–Crippen MR) is 127 cm³/mol. The summed E-state index contributed by atoms with van der Waals surface area (Å²) in [5.41, 5.74) is 6.39. The van der Waals surface area contributed by atoms with Crippen molar-refractivity contribution in [2.24, 2.45) is 0 Å². The van der Waals surface area contributed by atoms with Crippen LogP contribution in [-0.4, -0.2) is 0 Å². The van der Waals surface area contributed by atoms with Gasteiger partial charge in [-0.15, -0.1) is 0 Å². The lowest BCUT2D eigenvalue weighted by Crippen LogP contribution is -1.96. The highest BCUT2D eigenvalue weighted by Crippen LogP contribution is 2.34. The molecular formula is C28H28O2. The number of benzene rings is 2. The highest BCUT2D eigenvalue weighted by atomic mass is 16.5. The van der Waals surface area contributed by atoms with Crippen LogP contribution in [0.4, 0.5) is 0 Å². The van der Waals surface area contributed by atoms with Crippen molar-refractivity contribution >= 4 is 11.1 Å². The zero-order valence-electron chi connectivity index (χ0n) is 18.2. The van der Waals surface area contributed by atoms with Gasteiger partial charge in [-0.25, -0.2) is 0 Å².